The zero-order valence-corrected chi connectivity index (χ0v) is 14.2. The molecule has 0 aromatic heterocycles. The van der Waals surface area contributed by atoms with Crippen molar-refractivity contribution in [2.75, 3.05) is 27.4 Å². The van der Waals surface area contributed by atoms with Gasteiger partial charge in [-0.1, -0.05) is 0 Å². The summed E-state index contributed by atoms with van der Waals surface area (Å²) in [5.41, 5.74) is 3.02. The van der Waals surface area contributed by atoms with Crippen molar-refractivity contribution in [3.63, 3.8) is 0 Å². The van der Waals surface area contributed by atoms with E-state index in [-0.39, 0.29) is 11.9 Å². The van der Waals surface area contributed by atoms with Gasteiger partial charge in [0.1, 0.15) is 11.6 Å². The van der Waals surface area contributed by atoms with Crippen LogP contribution in [0.15, 0.2) is 30.3 Å². The van der Waals surface area contributed by atoms with Crippen LogP contribution in [-0.2, 0) is 6.42 Å². The van der Waals surface area contributed by atoms with Gasteiger partial charge in [0.25, 0.3) is 0 Å². The fourth-order valence-electron chi connectivity index (χ4n) is 3.20. The van der Waals surface area contributed by atoms with Gasteiger partial charge in [0.05, 0.1) is 26.9 Å². The molecule has 0 spiro atoms. The largest absolute Gasteiger partial charge is 0.496 e. The van der Waals surface area contributed by atoms with E-state index in [1.807, 2.05) is 19.1 Å². The maximum Gasteiger partial charge on any atom is 0.161 e. The van der Waals surface area contributed by atoms with Gasteiger partial charge in [-0.25, -0.2) is 4.39 Å². The highest BCUT2D eigenvalue weighted by molar-refractivity contribution is 5.53. The van der Waals surface area contributed by atoms with Crippen LogP contribution in [-0.4, -0.2) is 27.4 Å². The van der Waals surface area contributed by atoms with Crippen molar-refractivity contribution in [1.29, 1.82) is 0 Å². The molecule has 1 unspecified atom stereocenters. The third-order valence-electron chi connectivity index (χ3n) is 4.28. The molecule has 2 aromatic rings. The number of methoxy groups -OCH3 is 2. The summed E-state index contributed by atoms with van der Waals surface area (Å²) in [7, 11) is 3.23. The molecule has 1 N–H and O–H groups in total. The molecule has 3 rings (SSSR count). The second kappa shape index (κ2) is 7.09. The second-order valence-corrected chi connectivity index (χ2v) is 5.66. The lowest BCUT2D eigenvalue weighted by molar-refractivity contribution is 0.309. The Morgan fingerprint density at radius 2 is 1.83 bits per heavy atom. The maximum absolute atomic E-state index is 13.8. The van der Waals surface area contributed by atoms with E-state index in [0.29, 0.717) is 18.1 Å². The van der Waals surface area contributed by atoms with Crippen LogP contribution in [0.5, 0.6) is 17.2 Å². The van der Waals surface area contributed by atoms with Gasteiger partial charge in [-0.2, -0.15) is 0 Å². The Labute approximate surface area is 141 Å². The average molecular weight is 331 g/mol. The molecule has 0 radical (unpaired) electrons. The van der Waals surface area contributed by atoms with E-state index in [1.54, 1.807) is 20.3 Å². The van der Waals surface area contributed by atoms with Crippen LogP contribution in [0.3, 0.4) is 0 Å². The van der Waals surface area contributed by atoms with Crippen molar-refractivity contribution in [3.05, 3.63) is 52.8 Å². The van der Waals surface area contributed by atoms with Crippen LogP contribution < -0.4 is 19.5 Å². The first-order valence-electron chi connectivity index (χ1n) is 8.08. The van der Waals surface area contributed by atoms with E-state index in [0.717, 1.165) is 29.8 Å². The molecule has 0 fully saturated rings. The Bertz CT molecular complexity index is 733. The fourth-order valence-corrected chi connectivity index (χ4v) is 3.20. The average Bonchev–Trinajstić information content (AvgIpc) is 2.61. The van der Waals surface area contributed by atoms with Crippen LogP contribution >= 0.6 is 0 Å². The zero-order valence-electron chi connectivity index (χ0n) is 14.2. The van der Waals surface area contributed by atoms with Crippen LogP contribution in [0.25, 0.3) is 0 Å². The van der Waals surface area contributed by atoms with Crippen molar-refractivity contribution in [2.24, 2.45) is 0 Å². The standard InChI is InChI=1S/C19H22FNO3/c1-4-24-18-11-14-12(9-17(18)23-3)7-8-21-19(14)15-10-13(20)5-6-16(15)22-2/h5-6,9-11,19,21H,4,7-8H2,1-3H3. The van der Waals surface area contributed by atoms with E-state index < -0.39 is 0 Å². The summed E-state index contributed by atoms with van der Waals surface area (Å²) in [4.78, 5) is 0. The SMILES string of the molecule is CCOc1cc2c(cc1OC)CCNC2c1cc(F)ccc1OC. The molecule has 0 bridgehead atoms. The summed E-state index contributed by atoms with van der Waals surface area (Å²) >= 11 is 0. The molecule has 0 amide bonds. The molecule has 1 heterocycles. The second-order valence-electron chi connectivity index (χ2n) is 5.66. The normalized spacial score (nSPS) is 16.4. The minimum Gasteiger partial charge on any atom is -0.496 e. The lowest BCUT2D eigenvalue weighted by Crippen LogP contribution is -2.31. The lowest BCUT2D eigenvalue weighted by Gasteiger charge is -2.29. The number of ether oxygens (including phenoxy) is 3. The number of rotatable bonds is 5. The van der Waals surface area contributed by atoms with E-state index in [1.165, 1.54) is 17.7 Å². The molecule has 128 valence electrons. The molecule has 4 nitrogen and oxygen atoms in total. The number of benzene rings is 2. The van der Waals surface area contributed by atoms with E-state index in [2.05, 4.69) is 5.32 Å². The summed E-state index contributed by atoms with van der Waals surface area (Å²) in [6, 6.07) is 8.44. The highest BCUT2D eigenvalue weighted by Crippen LogP contribution is 2.39. The minimum atomic E-state index is -0.279. The third kappa shape index (κ3) is 3.04. The smallest absolute Gasteiger partial charge is 0.161 e. The molecular formula is C19H22FNO3. The summed E-state index contributed by atoms with van der Waals surface area (Å²) < 4.78 is 30.4. The number of nitrogens with one attached hydrogen (secondary N) is 1. The Morgan fingerprint density at radius 1 is 1.04 bits per heavy atom. The van der Waals surface area contributed by atoms with Crippen LogP contribution in [0, 0.1) is 5.82 Å². The molecule has 1 atom stereocenters. The summed E-state index contributed by atoms with van der Waals surface area (Å²) in [6.45, 7) is 3.29. The Morgan fingerprint density at radius 3 is 2.54 bits per heavy atom. The van der Waals surface area contributed by atoms with E-state index in [4.69, 9.17) is 14.2 Å². The van der Waals surface area contributed by atoms with Gasteiger partial charge in [-0.05, 0) is 54.8 Å². The monoisotopic (exact) mass is 331 g/mol. The molecule has 24 heavy (non-hydrogen) atoms. The highest BCUT2D eigenvalue weighted by atomic mass is 19.1. The number of halogens is 1. The zero-order chi connectivity index (χ0) is 17.1. The fraction of sp³-hybridized carbons (Fsp3) is 0.368. The van der Waals surface area contributed by atoms with Crippen LogP contribution in [0.2, 0.25) is 0 Å². The van der Waals surface area contributed by atoms with Gasteiger partial charge < -0.3 is 19.5 Å². The highest BCUT2D eigenvalue weighted by Gasteiger charge is 2.26. The molecule has 1 aliphatic heterocycles. The number of hydrogen-bond donors (Lipinski definition) is 1. The first kappa shape index (κ1) is 16.6. The van der Waals surface area contributed by atoms with E-state index >= 15 is 0 Å². The predicted molar refractivity (Wildman–Crippen MR) is 90.7 cm³/mol. The molecule has 0 aliphatic carbocycles. The van der Waals surface area contributed by atoms with Gasteiger partial charge in [0.15, 0.2) is 11.5 Å². The van der Waals surface area contributed by atoms with Crippen LogP contribution in [0.1, 0.15) is 29.7 Å². The Hall–Kier alpha value is -2.27. The van der Waals surface area contributed by atoms with Crippen molar-refractivity contribution in [2.45, 2.75) is 19.4 Å². The number of hydrogen-bond acceptors (Lipinski definition) is 4. The first-order valence-corrected chi connectivity index (χ1v) is 8.08. The minimum absolute atomic E-state index is 0.149. The third-order valence-corrected chi connectivity index (χ3v) is 4.28. The molecule has 1 aliphatic rings. The van der Waals surface area contributed by atoms with Gasteiger partial charge in [-0.15, -0.1) is 0 Å². The summed E-state index contributed by atoms with van der Waals surface area (Å²) in [5, 5.41) is 3.46. The van der Waals surface area contributed by atoms with Gasteiger partial charge in [0, 0.05) is 12.1 Å². The maximum atomic E-state index is 13.8. The topological polar surface area (TPSA) is 39.7 Å². The van der Waals surface area contributed by atoms with Crippen molar-refractivity contribution < 1.29 is 18.6 Å². The van der Waals surface area contributed by atoms with Crippen LogP contribution in [0.4, 0.5) is 4.39 Å². The van der Waals surface area contributed by atoms with E-state index in [9.17, 15) is 4.39 Å². The Kier molecular flexibility index (Phi) is 4.90. The summed E-state index contributed by atoms with van der Waals surface area (Å²) in [6.07, 6.45) is 0.881. The van der Waals surface area contributed by atoms with Crippen molar-refractivity contribution >= 4 is 0 Å². The first-order chi connectivity index (χ1) is 11.7. The Balaban J connectivity index is 2.11. The lowest BCUT2D eigenvalue weighted by atomic mass is 9.89. The molecule has 5 heteroatoms. The molecular weight excluding hydrogens is 309 g/mol. The van der Waals surface area contributed by atoms with Gasteiger partial charge in [-0.3, -0.25) is 0 Å². The molecule has 0 saturated heterocycles. The predicted octanol–water partition coefficient (Wildman–Crippen LogP) is 3.48. The van der Waals surface area contributed by atoms with Crippen molar-refractivity contribution in [1.82, 2.24) is 5.32 Å². The van der Waals surface area contributed by atoms with Gasteiger partial charge in [0.2, 0.25) is 0 Å². The number of fused-ring (bicyclic) bond motifs is 1. The van der Waals surface area contributed by atoms with Crippen molar-refractivity contribution in [3.8, 4) is 17.2 Å². The quantitative estimate of drug-likeness (QED) is 0.911. The molecule has 2 aromatic carbocycles. The molecule has 0 saturated carbocycles. The summed E-state index contributed by atoms with van der Waals surface area (Å²) in [5.74, 6) is 1.80. The van der Waals surface area contributed by atoms with Gasteiger partial charge >= 0.3 is 0 Å².